The predicted molar refractivity (Wildman–Crippen MR) is 78.7 cm³/mol. The molecule has 2 atom stereocenters. The van der Waals surface area contributed by atoms with E-state index >= 15 is 0 Å². The average molecular weight is 302 g/mol. The first kappa shape index (κ1) is 14.5. The Hall–Kier alpha value is -2.40. The second-order valence-electron chi connectivity index (χ2n) is 5.81. The fraction of sp³-hybridized carbons (Fsp3) is 0.571. The van der Waals surface area contributed by atoms with Crippen LogP contribution in [-0.2, 0) is 4.79 Å². The van der Waals surface area contributed by atoms with Crippen LogP contribution in [0.5, 0.6) is 0 Å². The molecular weight excluding hydrogens is 284 g/mol. The van der Waals surface area contributed by atoms with Gasteiger partial charge in [-0.05, 0) is 19.3 Å². The van der Waals surface area contributed by atoms with Crippen molar-refractivity contribution in [2.45, 2.75) is 25.4 Å². The number of aromatic nitrogens is 2. The van der Waals surface area contributed by atoms with Crippen LogP contribution in [0.4, 0.5) is 11.6 Å². The number of carbonyl (C=O) groups is 1. The van der Waals surface area contributed by atoms with E-state index in [4.69, 9.17) is 5.73 Å². The number of nitrogens with one attached hydrogen (secondary N) is 1. The molecule has 8 nitrogen and oxygen atoms in total. The number of nitrogens with zero attached hydrogens (tertiary/aromatic N) is 4. The maximum Gasteiger partial charge on any atom is 0.230 e. The summed E-state index contributed by atoms with van der Waals surface area (Å²) < 4.78 is 0. The van der Waals surface area contributed by atoms with E-state index in [9.17, 15) is 15.2 Å². The van der Waals surface area contributed by atoms with Crippen LogP contribution in [0.1, 0.15) is 24.8 Å². The van der Waals surface area contributed by atoms with Crippen molar-refractivity contribution >= 4 is 17.5 Å². The third kappa shape index (κ3) is 2.14. The van der Waals surface area contributed by atoms with E-state index in [2.05, 4.69) is 15.3 Å². The van der Waals surface area contributed by atoms with Gasteiger partial charge in [-0.15, -0.1) is 0 Å². The number of amides is 1. The maximum absolute atomic E-state index is 12.4. The van der Waals surface area contributed by atoms with Crippen molar-refractivity contribution < 1.29 is 9.90 Å². The first-order valence-corrected chi connectivity index (χ1v) is 7.30. The van der Waals surface area contributed by atoms with Gasteiger partial charge in [-0.3, -0.25) is 4.79 Å². The Labute approximate surface area is 128 Å². The zero-order valence-corrected chi connectivity index (χ0v) is 12.1. The summed E-state index contributed by atoms with van der Waals surface area (Å²) >= 11 is 0. The molecule has 3 rings (SSSR count). The van der Waals surface area contributed by atoms with Crippen molar-refractivity contribution in [3.8, 4) is 6.07 Å². The lowest BCUT2D eigenvalue weighted by Gasteiger charge is -2.47. The highest BCUT2D eigenvalue weighted by atomic mass is 16.3. The molecule has 0 radical (unpaired) electrons. The second kappa shape index (κ2) is 5.42. The summed E-state index contributed by atoms with van der Waals surface area (Å²) in [4.78, 5) is 22.2. The van der Waals surface area contributed by atoms with Gasteiger partial charge in [0.05, 0.1) is 11.5 Å². The van der Waals surface area contributed by atoms with Crippen molar-refractivity contribution in [3.63, 3.8) is 0 Å². The van der Waals surface area contributed by atoms with Crippen LogP contribution < -0.4 is 16.0 Å². The van der Waals surface area contributed by atoms with Crippen molar-refractivity contribution in [3.05, 3.63) is 11.9 Å². The summed E-state index contributed by atoms with van der Waals surface area (Å²) in [7, 11) is 0. The first-order chi connectivity index (χ1) is 10.6. The third-order valence-corrected chi connectivity index (χ3v) is 4.59. The largest absolute Gasteiger partial charge is 0.392 e. The lowest BCUT2D eigenvalue weighted by atomic mass is 9.71. The predicted octanol–water partition coefficient (Wildman–Crippen LogP) is -0.602. The normalized spacial score (nSPS) is 28.3. The number of aliphatic hydroxyl groups excluding tert-OH is 1. The molecule has 2 aliphatic heterocycles. The minimum atomic E-state index is -0.844. The van der Waals surface area contributed by atoms with Gasteiger partial charge in [-0.25, -0.2) is 9.97 Å². The molecule has 0 saturated carbocycles. The second-order valence-corrected chi connectivity index (χ2v) is 5.81. The zero-order chi connectivity index (χ0) is 15.7. The monoisotopic (exact) mass is 302 g/mol. The van der Waals surface area contributed by atoms with Gasteiger partial charge in [-0.2, -0.15) is 5.26 Å². The van der Waals surface area contributed by atoms with Gasteiger partial charge < -0.3 is 21.1 Å². The van der Waals surface area contributed by atoms with E-state index in [1.165, 1.54) is 6.33 Å². The standard InChI is InChI=1S/C14H18N6O2/c15-6-9-11(16)18-8-19-12(9)20-5-2-10(21)14(7-20)3-1-4-17-13(14)22/h8,10,21H,1-5,7H2,(H,17,22)(H2,16,18,19)/t10-,14+/m0/s1. The van der Waals surface area contributed by atoms with Crippen LogP contribution in [0.15, 0.2) is 6.33 Å². The molecule has 0 unspecified atom stereocenters. The van der Waals surface area contributed by atoms with Crippen LogP contribution >= 0.6 is 0 Å². The molecule has 116 valence electrons. The molecule has 1 aromatic heterocycles. The molecule has 8 heteroatoms. The van der Waals surface area contributed by atoms with Gasteiger partial charge in [-0.1, -0.05) is 0 Å². The van der Waals surface area contributed by atoms with E-state index in [0.29, 0.717) is 38.3 Å². The summed E-state index contributed by atoms with van der Waals surface area (Å²) in [6.45, 7) is 1.48. The van der Waals surface area contributed by atoms with E-state index in [-0.39, 0.29) is 17.3 Å². The lowest BCUT2D eigenvalue weighted by Crippen LogP contribution is -2.61. The molecule has 1 amide bonds. The van der Waals surface area contributed by atoms with E-state index in [1.54, 1.807) is 0 Å². The van der Waals surface area contributed by atoms with Crippen molar-refractivity contribution in [2.24, 2.45) is 5.41 Å². The SMILES string of the molecule is N#Cc1c(N)ncnc1N1CC[C@H](O)[C@@]2(CCCNC2=O)C1. The molecule has 3 heterocycles. The molecule has 0 aromatic carbocycles. The molecule has 0 aliphatic carbocycles. The highest BCUT2D eigenvalue weighted by Crippen LogP contribution is 2.39. The highest BCUT2D eigenvalue weighted by Gasteiger charge is 2.50. The quantitative estimate of drug-likeness (QED) is 0.631. The Morgan fingerprint density at radius 3 is 3.09 bits per heavy atom. The summed E-state index contributed by atoms with van der Waals surface area (Å²) in [5, 5.41) is 22.5. The maximum atomic E-state index is 12.4. The van der Waals surface area contributed by atoms with E-state index in [1.807, 2.05) is 11.0 Å². The van der Waals surface area contributed by atoms with Crippen molar-refractivity contribution in [1.29, 1.82) is 5.26 Å². The fourth-order valence-corrected chi connectivity index (χ4v) is 3.36. The Morgan fingerprint density at radius 2 is 2.36 bits per heavy atom. The van der Waals surface area contributed by atoms with Crippen LogP contribution in [0, 0.1) is 16.7 Å². The number of hydrogen-bond donors (Lipinski definition) is 3. The van der Waals surface area contributed by atoms with Gasteiger partial charge >= 0.3 is 0 Å². The highest BCUT2D eigenvalue weighted by molar-refractivity contribution is 5.85. The van der Waals surface area contributed by atoms with Gasteiger partial charge in [0.25, 0.3) is 0 Å². The average Bonchev–Trinajstić information content (AvgIpc) is 2.52. The van der Waals surface area contributed by atoms with E-state index < -0.39 is 11.5 Å². The number of nitriles is 1. The minimum absolute atomic E-state index is 0.126. The van der Waals surface area contributed by atoms with Crippen molar-refractivity contribution in [2.75, 3.05) is 30.3 Å². The summed E-state index contributed by atoms with van der Waals surface area (Å²) in [6, 6.07) is 2.02. The number of carbonyl (C=O) groups excluding carboxylic acids is 1. The van der Waals surface area contributed by atoms with Crippen LogP contribution in [-0.4, -0.2) is 46.7 Å². The van der Waals surface area contributed by atoms with Crippen LogP contribution in [0.25, 0.3) is 0 Å². The fourth-order valence-electron chi connectivity index (χ4n) is 3.36. The number of anilines is 2. The molecule has 2 fully saturated rings. The van der Waals surface area contributed by atoms with Crippen molar-refractivity contribution in [1.82, 2.24) is 15.3 Å². The van der Waals surface area contributed by atoms with Crippen LogP contribution in [0.2, 0.25) is 0 Å². The smallest absolute Gasteiger partial charge is 0.230 e. The first-order valence-electron chi connectivity index (χ1n) is 7.30. The summed E-state index contributed by atoms with van der Waals surface area (Å²) in [5.41, 5.74) is 5.10. The van der Waals surface area contributed by atoms with Gasteiger partial charge in [0.15, 0.2) is 5.82 Å². The number of nitrogen functional groups attached to an aromatic ring is 1. The summed E-state index contributed by atoms with van der Waals surface area (Å²) in [6.07, 6.45) is 2.52. The zero-order valence-electron chi connectivity index (χ0n) is 12.1. The molecule has 22 heavy (non-hydrogen) atoms. The molecular formula is C14H18N6O2. The Bertz CT molecular complexity index is 643. The van der Waals surface area contributed by atoms with Gasteiger partial charge in [0.1, 0.15) is 23.8 Å². The Morgan fingerprint density at radius 1 is 1.55 bits per heavy atom. The Kier molecular flexibility index (Phi) is 3.58. The van der Waals surface area contributed by atoms with Gasteiger partial charge in [0, 0.05) is 19.6 Å². The third-order valence-electron chi connectivity index (χ3n) is 4.59. The number of rotatable bonds is 1. The number of aliphatic hydroxyl groups is 1. The Balaban J connectivity index is 1.96. The number of nitrogens with two attached hydrogens (primary N) is 1. The molecule has 1 spiro atoms. The molecule has 0 bridgehead atoms. The number of piperidine rings is 2. The molecule has 2 saturated heterocycles. The lowest BCUT2D eigenvalue weighted by molar-refractivity contribution is -0.142. The molecule has 1 aromatic rings. The molecule has 2 aliphatic rings. The summed E-state index contributed by atoms with van der Waals surface area (Å²) in [5.74, 6) is 0.428. The topological polar surface area (TPSA) is 128 Å². The van der Waals surface area contributed by atoms with E-state index in [0.717, 1.165) is 6.42 Å². The van der Waals surface area contributed by atoms with Gasteiger partial charge in [0.2, 0.25) is 5.91 Å². The van der Waals surface area contributed by atoms with Crippen LogP contribution in [0.3, 0.4) is 0 Å². The molecule has 4 N–H and O–H groups in total. The number of hydrogen-bond acceptors (Lipinski definition) is 7. The minimum Gasteiger partial charge on any atom is -0.392 e.